The number of hydrogen-bond donors (Lipinski definition) is 5. The first-order chi connectivity index (χ1) is 17.5. The molecular weight excluding hydrogens is 511 g/mol. The summed E-state index contributed by atoms with van der Waals surface area (Å²) >= 11 is 0. The van der Waals surface area contributed by atoms with Crippen LogP contribution in [0.25, 0.3) is 0 Å². The third-order valence-electron chi connectivity index (χ3n) is 5.50. The van der Waals surface area contributed by atoms with Gasteiger partial charge in [0.2, 0.25) is 5.88 Å². The van der Waals surface area contributed by atoms with Gasteiger partial charge < -0.3 is 35.1 Å². The number of ether oxygens (including phenoxy) is 2. The molecule has 1 saturated heterocycles. The number of benzene rings is 1. The summed E-state index contributed by atoms with van der Waals surface area (Å²) < 4.78 is 36.3. The van der Waals surface area contributed by atoms with Crippen molar-refractivity contribution in [2.75, 3.05) is 13.7 Å². The van der Waals surface area contributed by atoms with Gasteiger partial charge >= 0.3 is 13.7 Å². The van der Waals surface area contributed by atoms with Crippen LogP contribution in [-0.4, -0.2) is 74.8 Å². The Bertz CT molecular complexity index is 1130. The lowest BCUT2D eigenvalue weighted by Crippen LogP contribution is -2.39. The van der Waals surface area contributed by atoms with E-state index in [0.29, 0.717) is 0 Å². The number of aromatic nitrogens is 2. The fraction of sp³-hybridized carbons (Fsp3) is 0.500. The van der Waals surface area contributed by atoms with Crippen LogP contribution in [0.1, 0.15) is 37.0 Å². The van der Waals surface area contributed by atoms with Gasteiger partial charge in [-0.05, 0) is 24.5 Å². The van der Waals surface area contributed by atoms with Crippen LogP contribution in [0.3, 0.4) is 0 Å². The summed E-state index contributed by atoms with van der Waals surface area (Å²) in [4.78, 5) is 27.4. The number of methoxy groups -OCH3 is 1. The molecule has 2 unspecified atom stereocenters. The lowest BCUT2D eigenvalue weighted by atomic mass is 10.1. The third-order valence-corrected chi connectivity index (χ3v) is 7.06. The number of primary amides is 1. The van der Waals surface area contributed by atoms with Crippen molar-refractivity contribution in [3.05, 3.63) is 42.4 Å². The van der Waals surface area contributed by atoms with Crippen LogP contribution >= 0.6 is 7.75 Å². The largest absolute Gasteiger partial charge is 0.493 e. The van der Waals surface area contributed by atoms with Crippen molar-refractivity contribution in [1.29, 1.82) is 0 Å². The number of para-hydroxylation sites is 1. The van der Waals surface area contributed by atoms with Crippen LogP contribution in [0, 0.1) is 5.92 Å². The van der Waals surface area contributed by atoms with Crippen molar-refractivity contribution < 1.29 is 48.0 Å². The van der Waals surface area contributed by atoms with E-state index < -0.39 is 68.4 Å². The smallest absolute Gasteiger partial charge is 0.459 e. The first-order valence-electron chi connectivity index (χ1n) is 11.4. The predicted molar refractivity (Wildman–Crippen MR) is 127 cm³/mol. The molecule has 1 amide bonds. The quantitative estimate of drug-likeness (QED) is 0.186. The van der Waals surface area contributed by atoms with Crippen molar-refractivity contribution in [2.45, 2.75) is 50.8 Å². The minimum atomic E-state index is -4.28. The highest BCUT2D eigenvalue weighted by Gasteiger charge is 2.46. The maximum Gasteiger partial charge on any atom is 0.459 e. The van der Waals surface area contributed by atoms with E-state index in [0.717, 1.165) is 10.9 Å². The summed E-state index contributed by atoms with van der Waals surface area (Å²) in [6.07, 6.45) is -4.49. The van der Waals surface area contributed by atoms with E-state index >= 15 is 0 Å². The number of rotatable bonds is 12. The zero-order valence-electron chi connectivity index (χ0n) is 20.5. The van der Waals surface area contributed by atoms with E-state index in [-0.39, 0.29) is 18.1 Å². The molecular formula is C22H31N4O10P. The maximum atomic E-state index is 13.8. The summed E-state index contributed by atoms with van der Waals surface area (Å²) in [7, 11) is -3.09. The molecule has 37 heavy (non-hydrogen) atoms. The Morgan fingerprint density at radius 1 is 1.24 bits per heavy atom. The number of carbonyl (C=O) groups is 2. The van der Waals surface area contributed by atoms with Crippen molar-refractivity contribution >= 4 is 19.6 Å². The lowest BCUT2D eigenvalue weighted by molar-refractivity contribution is -0.143. The second-order valence-corrected chi connectivity index (χ2v) is 10.5. The Morgan fingerprint density at radius 3 is 2.49 bits per heavy atom. The molecule has 1 aliphatic rings. The van der Waals surface area contributed by atoms with Gasteiger partial charge in [-0.3, -0.25) is 18.7 Å². The Balaban J connectivity index is 1.80. The zero-order valence-corrected chi connectivity index (χ0v) is 21.4. The molecule has 0 saturated carbocycles. The molecule has 0 bridgehead atoms. The van der Waals surface area contributed by atoms with Gasteiger partial charge in [-0.25, -0.2) is 9.55 Å². The molecule has 0 spiro atoms. The molecule has 2 aromatic rings. The molecule has 1 aromatic heterocycles. The Hall–Kier alpha value is -3.00. The average molecular weight is 542 g/mol. The molecule has 15 heteroatoms. The van der Waals surface area contributed by atoms with Gasteiger partial charge in [0, 0.05) is 0 Å². The average Bonchev–Trinajstić information content (AvgIpc) is 3.36. The highest BCUT2D eigenvalue weighted by molar-refractivity contribution is 7.52. The van der Waals surface area contributed by atoms with E-state index in [1.807, 2.05) is 13.8 Å². The van der Waals surface area contributed by atoms with Crippen molar-refractivity contribution in [3.63, 3.8) is 0 Å². The van der Waals surface area contributed by atoms with Gasteiger partial charge in [-0.2, -0.15) is 5.09 Å². The van der Waals surface area contributed by atoms with Crippen LogP contribution in [0.15, 0.2) is 36.7 Å². The standard InChI is InChI=1S/C22H31N4O10P/c1-12(2)9-14(22(31)33-3)25-37(32,36-13-7-5-4-6-8-13)34-10-15-17(27)18(28)21(35-15)26-11-24-16(19(23)29)20(26)30/h4-8,11-12,14-15,17-18,21,27-28,30H,9-10H2,1-3H3,(H2,23,29)(H,25,32)/t14-,15+,17?,18+,21+,37?/m0/s1. The van der Waals surface area contributed by atoms with Gasteiger partial charge in [0.05, 0.1) is 13.7 Å². The summed E-state index contributed by atoms with van der Waals surface area (Å²) in [5.74, 6) is -2.15. The summed E-state index contributed by atoms with van der Waals surface area (Å²) in [5, 5.41) is 33.8. The molecule has 1 aliphatic heterocycles. The third kappa shape index (κ3) is 6.86. The second-order valence-electron chi connectivity index (χ2n) is 8.77. The molecule has 1 fully saturated rings. The number of aromatic hydroxyl groups is 1. The summed E-state index contributed by atoms with van der Waals surface area (Å²) in [6.45, 7) is 3.17. The van der Waals surface area contributed by atoms with Gasteiger partial charge in [-0.1, -0.05) is 32.0 Å². The molecule has 2 heterocycles. The van der Waals surface area contributed by atoms with E-state index in [1.54, 1.807) is 18.2 Å². The SMILES string of the molecule is COC(=O)[C@H](CC(C)C)NP(=O)(OC[C@H]1O[C@@H](n2cnc(C(N)=O)c2O)[C@H](O)C1O)Oc1ccccc1. The normalized spacial score (nSPS) is 23.9. The van der Waals surface area contributed by atoms with Crippen molar-refractivity contribution in [3.8, 4) is 11.6 Å². The van der Waals surface area contributed by atoms with Crippen LogP contribution in [-0.2, 0) is 23.4 Å². The number of esters is 1. The molecule has 0 radical (unpaired) electrons. The predicted octanol–water partition coefficient (Wildman–Crippen LogP) is 0.688. The molecule has 14 nitrogen and oxygen atoms in total. The van der Waals surface area contributed by atoms with E-state index in [4.69, 9.17) is 24.3 Å². The van der Waals surface area contributed by atoms with Gasteiger partial charge in [0.15, 0.2) is 11.9 Å². The Morgan fingerprint density at radius 2 is 1.92 bits per heavy atom. The summed E-state index contributed by atoms with van der Waals surface area (Å²) in [5.41, 5.74) is 4.69. The van der Waals surface area contributed by atoms with E-state index in [9.17, 15) is 29.5 Å². The molecule has 0 aliphatic carbocycles. The molecule has 6 N–H and O–H groups in total. The highest BCUT2D eigenvalue weighted by atomic mass is 31.2. The lowest BCUT2D eigenvalue weighted by Gasteiger charge is -2.26. The minimum Gasteiger partial charge on any atom is -0.493 e. The molecule has 6 atom stereocenters. The number of aliphatic hydroxyl groups is 2. The van der Waals surface area contributed by atoms with Crippen LogP contribution in [0.4, 0.5) is 0 Å². The number of nitrogens with zero attached hydrogens (tertiary/aromatic N) is 2. The van der Waals surface area contributed by atoms with Crippen LogP contribution in [0.5, 0.6) is 11.6 Å². The van der Waals surface area contributed by atoms with E-state index in [1.165, 1.54) is 19.2 Å². The molecule has 204 valence electrons. The first-order valence-corrected chi connectivity index (χ1v) is 12.9. The van der Waals surface area contributed by atoms with Crippen LogP contribution in [0.2, 0.25) is 0 Å². The topological polar surface area (TPSA) is 205 Å². The zero-order chi connectivity index (χ0) is 27.3. The van der Waals surface area contributed by atoms with Crippen molar-refractivity contribution in [2.24, 2.45) is 11.7 Å². The van der Waals surface area contributed by atoms with Crippen LogP contribution < -0.4 is 15.3 Å². The fourth-order valence-corrected chi connectivity index (χ4v) is 5.21. The maximum absolute atomic E-state index is 13.8. The monoisotopic (exact) mass is 542 g/mol. The number of amides is 1. The first kappa shape index (κ1) is 28.6. The fourth-order valence-electron chi connectivity index (χ4n) is 3.70. The number of nitrogens with one attached hydrogen (secondary N) is 1. The Labute approximate surface area is 212 Å². The van der Waals surface area contributed by atoms with Gasteiger partial charge in [-0.15, -0.1) is 0 Å². The number of hydrogen-bond acceptors (Lipinski definition) is 11. The molecule has 3 rings (SSSR count). The van der Waals surface area contributed by atoms with Gasteiger partial charge in [0.1, 0.15) is 36.4 Å². The minimum absolute atomic E-state index is 0.0193. The number of nitrogens with two attached hydrogens (primary N) is 1. The molecule has 1 aromatic carbocycles. The summed E-state index contributed by atoms with van der Waals surface area (Å²) in [6, 6.07) is 7.05. The number of imidazole rings is 1. The van der Waals surface area contributed by atoms with E-state index in [2.05, 4.69) is 10.1 Å². The number of carbonyl (C=O) groups excluding carboxylic acids is 2. The Kier molecular flexibility index (Phi) is 9.29. The van der Waals surface area contributed by atoms with Gasteiger partial charge in [0.25, 0.3) is 5.91 Å². The number of aliphatic hydroxyl groups excluding tert-OH is 2. The second kappa shape index (κ2) is 12.0. The van der Waals surface area contributed by atoms with Crippen molar-refractivity contribution in [1.82, 2.24) is 14.6 Å². The highest BCUT2D eigenvalue weighted by Crippen LogP contribution is 2.46.